The van der Waals surface area contributed by atoms with E-state index in [1.165, 1.54) is 6.08 Å². The first-order valence-corrected chi connectivity index (χ1v) is 10.8. The van der Waals surface area contributed by atoms with Crippen molar-refractivity contribution in [2.45, 2.75) is 6.61 Å². The normalized spacial score (nSPS) is 10.8. The molecule has 31 heavy (non-hydrogen) atoms. The van der Waals surface area contributed by atoms with Crippen LogP contribution in [0.3, 0.4) is 0 Å². The van der Waals surface area contributed by atoms with Crippen molar-refractivity contribution in [2.24, 2.45) is 0 Å². The van der Waals surface area contributed by atoms with Crippen molar-refractivity contribution in [2.75, 3.05) is 12.4 Å². The van der Waals surface area contributed by atoms with Gasteiger partial charge in [0.1, 0.15) is 29.7 Å². The number of anilines is 1. The summed E-state index contributed by atoms with van der Waals surface area (Å²) in [5, 5.41) is 12.2. The molecule has 3 aromatic carbocycles. The van der Waals surface area contributed by atoms with Crippen LogP contribution in [-0.4, -0.2) is 13.0 Å². The molecular formula is C24H18Br2N2O3. The zero-order chi connectivity index (χ0) is 22.2. The van der Waals surface area contributed by atoms with Gasteiger partial charge >= 0.3 is 0 Å². The second-order valence-electron chi connectivity index (χ2n) is 6.44. The van der Waals surface area contributed by atoms with E-state index < -0.39 is 5.91 Å². The Morgan fingerprint density at radius 1 is 1.06 bits per heavy atom. The Labute approximate surface area is 197 Å². The summed E-state index contributed by atoms with van der Waals surface area (Å²) in [5.41, 5.74) is 2.23. The van der Waals surface area contributed by atoms with Gasteiger partial charge in [0.2, 0.25) is 0 Å². The number of methoxy groups -OCH3 is 1. The summed E-state index contributed by atoms with van der Waals surface area (Å²) in [5.74, 6) is 0.743. The van der Waals surface area contributed by atoms with Gasteiger partial charge in [-0.1, -0.05) is 36.4 Å². The molecule has 0 saturated heterocycles. The summed E-state index contributed by atoms with van der Waals surface area (Å²) in [4.78, 5) is 12.6. The van der Waals surface area contributed by atoms with Crippen molar-refractivity contribution >= 4 is 49.5 Å². The molecule has 7 heteroatoms. The van der Waals surface area contributed by atoms with Crippen LogP contribution in [0.25, 0.3) is 6.08 Å². The Morgan fingerprint density at radius 2 is 1.77 bits per heavy atom. The number of nitriles is 1. The van der Waals surface area contributed by atoms with Crippen molar-refractivity contribution in [1.29, 1.82) is 5.26 Å². The molecule has 0 aliphatic heterocycles. The van der Waals surface area contributed by atoms with Gasteiger partial charge in [0.25, 0.3) is 5.91 Å². The Hall–Kier alpha value is -3.08. The number of rotatable bonds is 7. The Morgan fingerprint density at radius 3 is 2.42 bits per heavy atom. The molecule has 0 unspecified atom stereocenters. The number of hydrogen-bond donors (Lipinski definition) is 1. The third kappa shape index (κ3) is 6.20. The summed E-state index contributed by atoms with van der Waals surface area (Å²) < 4.78 is 12.5. The average Bonchev–Trinajstić information content (AvgIpc) is 2.77. The molecule has 0 radical (unpaired) electrons. The van der Waals surface area contributed by atoms with Crippen LogP contribution in [0.5, 0.6) is 11.5 Å². The summed E-state index contributed by atoms with van der Waals surface area (Å²) in [6.45, 7) is 0.416. The van der Waals surface area contributed by atoms with Gasteiger partial charge in [-0.15, -0.1) is 0 Å². The summed E-state index contributed by atoms with van der Waals surface area (Å²) in [6.07, 6.45) is 1.52. The van der Waals surface area contributed by atoms with E-state index in [4.69, 9.17) is 9.47 Å². The van der Waals surface area contributed by atoms with Crippen LogP contribution in [-0.2, 0) is 11.4 Å². The lowest BCUT2D eigenvalue weighted by molar-refractivity contribution is -0.112. The number of nitrogens with zero attached hydrogens (tertiary/aromatic N) is 1. The minimum Gasteiger partial charge on any atom is -0.497 e. The molecule has 0 aliphatic rings. The maximum Gasteiger partial charge on any atom is 0.266 e. The number of halogens is 2. The maximum atomic E-state index is 12.6. The molecule has 3 aromatic rings. The topological polar surface area (TPSA) is 71.3 Å². The number of nitrogens with one attached hydrogen (secondary N) is 1. The molecule has 3 rings (SSSR count). The SMILES string of the molecule is COc1cccc(NC(=O)/C(C#N)=C/c2cc(Br)c(OCc3ccccc3)c(Br)c2)c1. The Balaban J connectivity index is 1.77. The fourth-order valence-electron chi connectivity index (χ4n) is 2.74. The second kappa shape index (κ2) is 10.8. The Bertz CT molecular complexity index is 1130. The highest BCUT2D eigenvalue weighted by molar-refractivity contribution is 9.11. The van der Waals surface area contributed by atoms with Crippen molar-refractivity contribution in [3.8, 4) is 17.6 Å². The maximum absolute atomic E-state index is 12.6. The number of carbonyl (C=O) groups excluding carboxylic acids is 1. The van der Waals surface area contributed by atoms with Crippen molar-refractivity contribution < 1.29 is 14.3 Å². The van der Waals surface area contributed by atoms with Crippen LogP contribution in [0.2, 0.25) is 0 Å². The number of ether oxygens (including phenoxy) is 2. The van der Waals surface area contributed by atoms with Crippen LogP contribution in [0.4, 0.5) is 5.69 Å². The van der Waals surface area contributed by atoms with E-state index in [2.05, 4.69) is 37.2 Å². The highest BCUT2D eigenvalue weighted by atomic mass is 79.9. The van der Waals surface area contributed by atoms with Crippen molar-refractivity contribution in [1.82, 2.24) is 0 Å². The van der Waals surface area contributed by atoms with E-state index in [-0.39, 0.29) is 5.57 Å². The van der Waals surface area contributed by atoms with Crippen LogP contribution < -0.4 is 14.8 Å². The first kappa shape index (κ1) is 22.6. The van der Waals surface area contributed by atoms with E-state index in [1.54, 1.807) is 43.5 Å². The fourth-order valence-corrected chi connectivity index (χ4v) is 4.20. The lowest BCUT2D eigenvalue weighted by Gasteiger charge is -2.12. The van der Waals surface area contributed by atoms with Gasteiger partial charge in [-0.2, -0.15) is 5.26 Å². The second-order valence-corrected chi connectivity index (χ2v) is 8.15. The van der Waals surface area contributed by atoms with E-state index in [1.807, 2.05) is 36.4 Å². The molecule has 0 aliphatic carbocycles. The molecule has 5 nitrogen and oxygen atoms in total. The Kier molecular flexibility index (Phi) is 7.88. The van der Waals surface area contributed by atoms with Gasteiger partial charge in [0.15, 0.2) is 0 Å². The van der Waals surface area contributed by atoms with E-state index in [9.17, 15) is 10.1 Å². The van der Waals surface area contributed by atoms with Crippen LogP contribution >= 0.6 is 31.9 Å². The number of hydrogen-bond acceptors (Lipinski definition) is 4. The van der Waals surface area contributed by atoms with Crippen LogP contribution in [0, 0.1) is 11.3 Å². The molecule has 1 N–H and O–H groups in total. The van der Waals surface area contributed by atoms with Gasteiger partial charge in [0.05, 0.1) is 16.1 Å². The monoisotopic (exact) mass is 540 g/mol. The van der Waals surface area contributed by atoms with Gasteiger partial charge < -0.3 is 14.8 Å². The van der Waals surface area contributed by atoms with Gasteiger partial charge in [0, 0.05) is 11.8 Å². The van der Waals surface area contributed by atoms with Crippen molar-refractivity contribution in [3.63, 3.8) is 0 Å². The zero-order valence-corrected chi connectivity index (χ0v) is 19.7. The lowest BCUT2D eigenvalue weighted by Crippen LogP contribution is -2.13. The smallest absolute Gasteiger partial charge is 0.266 e. The average molecular weight is 542 g/mol. The third-order valence-electron chi connectivity index (χ3n) is 4.25. The predicted octanol–water partition coefficient (Wildman–Crippen LogP) is 6.34. The first-order chi connectivity index (χ1) is 15.0. The van der Waals surface area contributed by atoms with Crippen LogP contribution in [0.1, 0.15) is 11.1 Å². The predicted molar refractivity (Wildman–Crippen MR) is 128 cm³/mol. The van der Waals surface area contributed by atoms with Crippen LogP contribution in [0.15, 0.2) is 81.2 Å². The molecule has 0 atom stereocenters. The number of amides is 1. The highest BCUT2D eigenvalue weighted by Gasteiger charge is 2.13. The molecular weight excluding hydrogens is 524 g/mol. The standard InChI is InChI=1S/C24H18Br2N2O3/c1-30-20-9-5-8-19(13-20)28-24(29)18(14-27)10-17-11-21(25)23(22(26)12-17)31-15-16-6-3-2-4-7-16/h2-13H,15H2,1H3,(H,28,29)/b18-10+. The zero-order valence-electron chi connectivity index (χ0n) is 16.6. The molecule has 0 heterocycles. The quantitative estimate of drug-likeness (QED) is 0.279. The molecule has 0 fully saturated rings. The molecule has 0 saturated carbocycles. The molecule has 1 amide bonds. The minimum atomic E-state index is -0.507. The largest absolute Gasteiger partial charge is 0.497 e. The highest BCUT2D eigenvalue weighted by Crippen LogP contribution is 2.36. The summed E-state index contributed by atoms with van der Waals surface area (Å²) in [7, 11) is 1.55. The number of carbonyl (C=O) groups is 1. The fraction of sp³-hybridized carbons (Fsp3) is 0.0833. The summed E-state index contributed by atoms with van der Waals surface area (Å²) in [6, 6.07) is 22.3. The lowest BCUT2D eigenvalue weighted by atomic mass is 10.1. The van der Waals surface area contributed by atoms with E-state index in [0.29, 0.717) is 38.3 Å². The van der Waals surface area contributed by atoms with Crippen molar-refractivity contribution in [3.05, 3.63) is 92.4 Å². The molecule has 0 bridgehead atoms. The molecule has 0 spiro atoms. The number of benzene rings is 3. The van der Waals surface area contributed by atoms with E-state index in [0.717, 1.165) is 5.56 Å². The molecule has 0 aromatic heterocycles. The first-order valence-electron chi connectivity index (χ1n) is 9.23. The summed E-state index contributed by atoms with van der Waals surface area (Å²) >= 11 is 7.02. The van der Waals surface area contributed by atoms with Gasteiger partial charge in [-0.25, -0.2) is 0 Å². The van der Waals surface area contributed by atoms with Gasteiger partial charge in [-0.3, -0.25) is 4.79 Å². The van der Waals surface area contributed by atoms with Gasteiger partial charge in [-0.05, 0) is 73.3 Å². The molecule has 156 valence electrons. The minimum absolute atomic E-state index is 0.0282. The third-order valence-corrected chi connectivity index (χ3v) is 5.43. The van der Waals surface area contributed by atoms with E-state index >= 15 is 0 Å².